The van der Waals surface area contributed by atoms with Crippen LogP contribution in [0.15, 0.2) is 70.2 Å². The van der Waals surface area contributed by atoms with Crippen LogP contribution in [0, 0.1) is 18.8 Å². The second kappa shape index (κ2) is 12.8. The van der Waals surface area contributed by atoms with E-state index in [0.29, 0.717) is 28.3 Å². The van der Waals surface area contributed by atoms with Crippen molar-refractivity contribution >= 4 is 49.5 Å². The van der Waals surface area contributed by atoms with Gasteiger partial charge in [0.15, 0.2) is 9.84 Å². The molecule has 45 heavy (non-hydrogen) atoms. The highest BCUT2D eigenvalue weighted by atomic mass is 32.2. The number of rotatable bonds is 7. The molecule has 230 valence electrons. The molecule has 1 saturated heterocycles. The molecule has 0 radical (unpaired) electrons. The van der Waals surface area contributed by atoms with Crippen molar-refractivity contribution in [2.75, 3.05) is 37.0 Å². The van der Waals surface area contributed by atoms with E-state index in [0.717, 1.165) is 42.0 Å². The summed E-state index contributed by atoms with van der Waals surface area (Å²) < 4.78 is 26.5. The van der Waals surface area contributed by atoms with Gasteiger partial charge in [0.2, 0.25) is 5.95 Å². The number of thiazole rings is 1. The lowest BCUT2D eigenvalue weighted by atomic mass is 10.1. The molecule has 0 aliphatic carbocycles. The van der Waals surface area contributed by atoms with E-state index in [-0.39, 0.29) is 23.0 Å². The van der Waals surface area contributed by atoms with Crippen molar-refractivity contribution in [3.8, 4) is 11.8 Å². The molecular weight excluding hydrogens is 609 g/mol. The van der Waals surface area contributed by atoms with Crippen LogP contribution < -0.4 is 16.2 Å². The fraction of sp³-hybridized carbons (Fsp3) is 0.281. The number of pyridine rings is 2. The van der Waals surface area contributed by atoms with Gasteiger partial charge in [-0.1, -0.05) is 5.92 Å². The number of likely N-dealkylation sites (tertiary alicyclic amines) is 1. The first-order chi connectivity index (χ1) is 21.6. The zero-order valence-electron chi connectivity index (χ0n) is 25.1. The third-order valence-electron chi connectivity index (χ3n) is 7.61. The van der Waals surface area contributed by atoms with Crippen molar-refractivity contribution in [2.45, 2.75) is 37.2 Å². The molecule has 0 amide bonds. The largest absolute Gasteiger partial charge is 0.381 e. The van der Waals surface area contributed by atoms with Crippen LogP contribution in [0.4, 0.5) is 17.3 Å². The van der Waals surface area contributed by atoms with E-state index in [1.54, 1.807) is 17.8 Å². The Kier molecular flexibility index (Phi) is 8.62. The lowest BCUT2D eigenvalue weighted by Gasteiger charge is -2.30. The molecule has 0 saturated carbocycles. The van der Waals surface area contributed by atoms with E-state index in [4.69, 9.17) is 4.98 Å². The number of sulfone groups is 1. The van der Waals surface area contributed by atoms with Crippen LogP contribution in [0.1, 0.15) is 34.5 Å². The van der Waals surface area contributed by atoms with Gasteiger partial charge in [-0.25, -0.2) is 18.4 Å². The lowest BCUT2D eigenvalue weighted by molar-refractivity contribution is 0.261. The highest BCUT2D eigenvalue weighted by molar-refractivity contribution is 7.90. The molecule has 4 aromatic heterocycles. The topological polar surface area (TPSA) is 135 Å². The number of likely N-dealkylation sites (N-methyl/N-ethyl adjacent to an activating group) is 1. The molecule has 1 aliphatic heterocycles. The number of aryl methyl sites for hydroxylation is 1. The minimum Gasteiger partial charge on any atom is -0.381 e. The van der Waals surface area contributed by atoms with Gasteiger partial charge < -0.3 is 15.5 Å². The SMILES string of the molecule is Cc1scnc1C#Cc1cc2cnc(Nc3ccc(NC4CCCN(C)C4)cc3)nc2n(Cc2cnccc2S(C)(=O)=O)c1=O. The molecule has 2 N–H and O–H groups in total. The minimum atomic E-state index is -3.58. The molecule has 6 rings (SSSR count). The van der Waals surface area contributed by atoms with Crippen molar-refractivity contribution in [3.05, 3.63) is 92.6 Å². The smallest absolute Gasteiger partial charge is 0.268 e. The number of hydrogen-bond acceptors (Lipinski definition) is 11. The number of anilines is 3. The number of hydrogen-bond donors (Lipinski definition) is 2. The number of benzene rings is 1. The van der Waals surface area contributed by atoms with Crippen LogP contribution in [-0.4, -0.2) is 70.3 Å². The Hall–Kier alpha value is -4.64. The Bertz CT molecular complexity index is 2100. The summed E-state index contributed by atoms with van der Waals surface area (Å²) in [6, 6.07) is 11.4. The number of nitrogens with zero attached hydrogens (tertiary/aromatic N) is 6. The monoisotopic (exact) mass is 640 g/mol. The fourth-order valence-corrected chi connectivity index (χ4v) is 6.80. The van der Waals surface area contributed by atoms with Gasteiger partial charge >= 0.3 is 0 Å². The summed E-state index contributed by atoms with van der Waals surface area (Å²) in [5.74, 6) is 6.23. The van der Waals surface area contributed by atoms with Gasteiger partial charge in [-0.15, -0.1) is 11.3 Å². The van der Waals surface area contributed by atoms with E-state index in [1.165, 1.54) is 40.8 Å². The standard InChI is InChI=1S/C32H32N8O3S2/c1-21-28(35-20-44-21)11-6-22-15-23-17-34-32(37-26-9-7-25(8-10-26)36-27-5-4-14-39(2)19-27)38-30(23)40(31(22)41)18-24-16-33-13-12-29(24)45(3,42)43/h7-10,12-13,15-17,20,27,36H,4-5,14,18-19H2,1-3H3,(H,34,37,38). The van der Waals surface area contributed by atoms with Crippen molar-refractivity contribution in [1.82, 2.24) is 29.4 Å². The summed E-state index contributed by atoms with van der Waals surface area (Å²) in [7, 11) is -1.44. The molecule has 1 aliphatic rings. The second-order valence-corrected chi connectivity index (χ2v) is 14.2. The highest BCUT2D eigenvalue weighted by Gasteiger charge is 2.19. The zero-order chi connectivity index (χ0) is 31.6. The summed E-state index contributed by atoms with van der Waals surface area (Å²) in [6.45, 7) is 3.97. The summed E-state index contributed by atoms with van der Waals surface area (Å²) in [4.78, 5) is 34.8. The highest BCUT2D eigenvalue weighted by Crippen LogP contribution is 2.22. The van der Waals surface area contributed by atoms with Crippen molar-refractivity contribution in [2.24, 2.45) is 0 Å². The van der Waals surface area contributed by atoms with Gasteiger partial charge in [0.1, 0.15) is 11.3 Å². The van der Waals surface area contributed by atoms with E-state index >= 15 is 0 Å². The van der Waals surface area contributed by atoms with E-state index in [1.807, 2.05) is 31.2 Å². The Morgan fingerprint density at radius 3 is 2.62 bits per heavy atom. The Labute approximate surface area is 265 Å². The van der Waals surface area contributed by atoms with Crippen LogP contribution in [0.5, 0.6) is 0 Å². The lowest BCUT2D eigenvalue weighted by Crippen LogP contribution is -2.39. The normalized spacial score (nSPS) is 15.4. The van der Waals surface area contributed by atoms with Gasteiger partial charge in [-0.05, 0) is 75.7 Å². The molecule has 5 aromatic rings. The maximum absolute atomic E-state index is 13.9. The first-order valence-electron chi connectivity index (χ1n) is 14.4. The Morgan fingerprint density at radius 1 is 1.09 bits per heavy atom. The average molecular weight is 641 g/mol. The number of aromatic nitrogens is 5. The maximum Gasteiger partial charge on any atom is 0.268 e. The number of piperidine rings is 1. The number of nitrogens with one attached hydrogen (secondary N) is 2. The van der Waals surface area contributed by atoms with E-state index in [9.17, 15) is 13.2 Å². The predicted molar refractivity (Wildman–Crippen MR) is 177 cm³/mol. The van der Waals surface area contributed by atoms with E-state index < -0.39 is 15.4 Å². The van der Waals surface area contributed by atoms with Crippen LogP contribution in [0.3, 0.4) is 0 Å². The maximum atomic E-state index is 13.9. The van der Waals surface area contributed by atoms with Crippen LogP contribution in [-0.2, 0) is 16.4 Å². The molecular formula is C32H32N8O3S2. The minimum absolute atomic E-state index is 0.0794. The fourth-order valence-electron chi connectivity index (χ4n) is 5.37. The molecule has 13 heteroatoms. The first-order valence-corrected chi connectivity index (χ1v) is 17.2. The van der Waals surface area contributed by atoms with Crippen molar-refractivity contribution in [3.63, 3.8) is 0 Å². The summed E-state index contributed by atoms with van der Waals surface area (Å²) >= 11 is 1.47. The molecule has 11 nitrogen and oxygen atoms in total. The molecule has 0 spiro atoms. The quantitative estimate of drug-likeness (QED) is 0.251. The third kappa shape index (κ3) is 7.04. The summed E-state index contributed by atoms with van der Waals surface area (Å²) in [6.07, 6.45) is 7.93. The van der Waals surface area contributed by atoms with Crippen LogP contribution in [0.2, 0.25) is 0 Å². The third-order valence-corrected chi connectivity index (χ3v) is 9.57. The number of fused-ring (bicyclic) bond motifs is 1. The van der Waals surface area contributed by atoms with Crippen LogP contribution in [0.25, 0.3) is 11.0 Å². The van der Waals surface area contributed by atoms with Gasteiger partial charge in [-0.2, -0.15) is 4.98 Å². The molecule has 1 unspecified atom stereocenters. The zero-order valence-corrected chi connectivity index (χ0v) is 26.7. The molecule has 5 heterocycles. The van der Waals surface area contributed by atoms with Crippen molar-refractivity contribution < 1.29 is 8.42 Å². The molecule has 0 bridgehead atoms. The average Bonchev–Trinajstić information content (AvgIpc) is 3.43. The van der Waals surface area contributed by atoms with Crippen molar-refractivity contribution in [1.29, 1.82) is 0 Å². The molecule has 1 fully saturated rings. The van der Waals surface area contributed by atoms with Gasteiger partial charge in [0, 0.05) is 64.6 Å². The molecule has 1 aromatic carbocycles. The predicted octanol–water partition coefficient (Wildman–Crippen LogP) is 4.05. The van der Waals surface area contributed by atoms with Gasteiger partial charge in [0.25, 0.3) is 5.56 Å². The first kappa shape index (κ1) is 30.4. The second-order valence-electron chi connectivity index (χ2n) is 11.1. The summed E-state index contributed by atoms with van der Waals surface area (Å²) in [5, 5.41) is 7.40. The summed E-state index contributed by atoms with van der Waals surface area (Å²) in [5.41, 5.74) is 4.61. The van der Waals surface area contributed by atoms with Gasteiger partial charge in [-0.3, -0.25) is 14.3 Å². The van der Waals surface area contributed by atoms with Crippen LogP contribution >= 0.6 is 11.3 Å². The Morgan fingerprint density at radius 2 is 1.89 bits per heavy atom. The Balaban J connectivity index is 1.35. The van der Waals surface area contributed by atoms with Gasteiger partial charge in [0.05, 0.1) is 22.5 Å². The van der Waals surface area contributed by atoms with E-state index in [2.05, 4.69) is 49.4 Å². The molecule has 1 atom stereocenters.